The van der Waals surface area contributed by atoms with Crippen LogP contribution in [-0.4, -0.2) is 62.7 Å². The third kappa shape index (κ3) is 6.84. The lowest BCUT2D eigenvalue weighted by molar-refractivity contribution is -0.141. The molecule has 2 aromatic rings. The SMILES string of the molecule is CCC1=C2[C@@H](CC/C(=C/c3ccc(CO)o3)c3ccccn3)OB(O)C[C@@H]2[C@@H]2C(=O)N(CCCCCC(=O)O)C(=O)[C@@H]2C1. The van der Waals surface area contributed by atoms with Gasteiger partial charge in [0.25, 0.3) is 0 Å². The van der Waals surface area contributed by atoms with E-state index in [2.05, 4.69) is 11.9 Å². The molecule has 2 fully saturated rings. The van der Waals surface area contributed by atoms with Gasteiger partial charge in [0.1, 0.15) is 18.1 Å². The number of hydrogen-bond acceptors (Lipinski definition) is 8. The highest BCUT2D eigenvalue weighted by atomic mass is 16.5. The molecule has 0 radical (unpaired) electrons. The minimum Gasteiger partial charge on any atom is -0.481 e. The van der Waals surface area contributed by atoms with E-state index in [0.717, 1.165) is 28.8 Å². The molecule has 43 heavy (non-hydrogen) atoms. The van der Waals surface area contributed by atoms with E-state index in [-0.39, 0.29) is 37.1 Å². The fourth-order valence-electron chi connectivity index (χ4n) is 6.95. The maximum atomic E-state index is 13.7. The first-order chi connectivity index (χ1) is 20.8. The number of amides is 2. The van der Waals surface area contributed by atoms with E-state index in [0.29, 0.717) is 56.6 Å². The number of unbranched alkanes of at least 4 members (excludes halogenated alkanes) is 2. The van der Waals surface area contributed by atoms with Gasteiger partial charge in [0.05, 0.1) is 23.6 Å². The molecule has 0 unspecified atom stereocenters. The standard InChI is InChI=1S/C32H39BN2O8/c1-2-20-17-24-30(32(40)35(31(24)39)15-7-3-4-9-28(37)38)25-18-33(41)43-27(29(20)25)13-10-21(26-8-5-6-14-34-26)16-22-11-12-23(19-36)42-22/h5-6,8,11-12,14,16,24-25,27,30,36,41H,2-4,7,9-10,13,15,17-19H2,1H3,(H,37,38)/b21-16-/t24-,25+,27-,30-/m1/s1. The predicted molar refractivity (Wildman–Crippen MR) is 159 cm³/mol. The van der Waals surface area contributed by atoms with Crippen LogP contribution in [0.1, 0.15) is 75.5 Å². The van der Waals surface area contributed by atoms with Gasteiger partial charge in [-0.1, -0.05) is 25.0 Å². The van der Waals surface area contributed by atoms with Crippen LogP contribution < -0.4 is 0 Å². The van der Waals surface area contributed by atoms with E-state index in [1.165, 1.54) is 4.90 Å². The quantitative estimate of drug-likeness (QED) is 0.134. The van der Waals surface area contributed by atoms with Gasteiger partial charge < -0.3 is 24.3 Å². The molecule has 4 atom stereocenters. The van der Waals surface area contributed by atoms with E-state index >= 15 is 0 Å². The van der Waals surface area contributed by atoms with Crippen molar-refractivity contribution >= 4 is 36.6 Å². The van der Waals surface area contributed by atoms with E-state index in [1.807, 2.05) is 24.3 Å². The summed E-state index contributed by atoms with van der Waals surface area (Å²) >= 11 is 0. The highest BCUT2D eigenvalue weighted by Crippen LogP contribution is 2.51. The number of hydrogen-bond donors (Lipinski definition) is 3. The third-order valence-corrected chi connectivity index (χ3v) is 8.92. The number of aliphatic carboxylic acids is 1. The molecule has 2 amide bonds. The van der Waals surface area contributed by atoms with Crippen molar-refractivity contribution in [3.05, 3.63) is 64.9 Å². The number of allylic oxidation sites excluding steroid dienone is 2. The molecular formula is C32H39BN2O8. The number of aromatic nitrogens is 1. The van der Waals surface area contributed by atoms with E-state index in [4.69, 9.17) is 14.2 Å². The molecule has 0 saturated carbocycles. The van der Waals surface area contributed by atoms with Crippen LogP contribution in [0.15, 0.2) is 52.1 Å². The molecule has 2 aromatic heterocycles. The predicted octanol–water partition coefficient (Wildman–Crippen LogP) is 4.34. The smallest absolute Gasteiger partial charge is 0.455 e. The number of carboxylic acids is 1. The van der Waals surface area contributed by atoms with Gasteiger partial charge in [-0.25, -0.2) is 0 Å². The fourth-order valence-corrected chi connectivity index (χ4v) is 6.95. The summed E-state index contributed by atoms with van der Waals surface area (Å²) < 4.78 is 11.8. The van der Waals surface area contributed by atoms with Gasteiger partial charge in [-0.15, -0.1) is 0 Å². The number of carboxylic acid groups (broad SMARTS) is 1. The Balaban J connectivity index is 1.36. The van der Waals surface area contributed by atoms with Crippen LogP contribution in [-0.2, 0) is 25.6 Å². The van der Waals surface area contributed by atoms with Crippen LogP contribution in [0.2, 0.25) is 6.32 Å². The molecule has 2 saturated heterocycles. The average molecular weight is 590 g/mol. The molecule has 0 bridgehead atoms. The molecule has 1 aliphatic carbocycles. The molecule has 0 aromatic carbocycles. The lowest BCUT2D eigenvalue weighted by Gasteiger charge is -2.43. The zero-order valence-electron chi connectivity index (χ0n) is 24.5. The van der Waals surface area contributed by atoms with Gasteiger partial charge in [-0.3, -0.25) is 24.3 Å². The zero-order valence-corrected chi connectivity index (χ0v) is 24.5. The van der Waals surface area contributed by atoms with Crippen LogP contribution in [0.3, 0.4) is 0 Å². The molecule has 2 aliphatic heterocycles. The Kier molecular flexibility index (Phi) is 9.95. The number of furan rings is 1. The van der Waals surface area contributed by atoms with E-state index in [1.54, 1.807) is 18.3 Å². The maximum absolute atomic E-state index is 13.7. The first kappa shape index (κ1) is 30.9. The summed E-state index contributed by atoms with van der Waals surface area (Å²) in [4.78, 5) is 43.9. The number of nitrogens with zero attached hydrogens (tertiary/aromatic N) is 2. The molecule has 5 rings (SSSR count). The van der Waals surface area contributed by atoms with Crippen molar-refractivity contribution in [2.24, 2.45) is 17.8 Å². The summed E-state index contributed by atoms with van der Waals surface area (Å²) in [5.74, 6) is -1.38. The normalized spacial score (nSPS) is 24.0. The minimum absolute atomic E-state index is 0.0735. The van der Waals surface area contributed by atoms with Crippen molar-refractivity contribution in [2.45, 2.75) is 77.3 Å². The maximum Gasteiger partial charge on any atom is 0.455 e. The number of likely N-dealkylation sites (tertiary alicyclic amines) is 1. The minimum atomic E-state index is -1.05. The highest BCUT2D eigenvalue weighted by molar-refractivity contribution is 6.43. The summed E-state index contributed by atoms with van der Waals surface area (Å²) in [5.41, 5.74) is 3.85. The van der Waals surface area contributed by atoms with Crippen LogP contribution in [0.5, 0.6) is 0 Å². The van der Waals surface area contributed by atoms with Gasteiger partial charge in [0, 0.05) is 19.2 Å². The number of aliphatic hydroxyl groups is 1. The molecule has 228 valence electrons. The van der Waals surface area contributed by atoms with Crippen molar-refractivity contribution in [3.63, 3.8) is 0 Å². The molecule has 11 heteroatoms. The Morgan fingerprint density at radius 1 is 1.12 bits per heavy atom. The number of pyridine rings is 1. The van der Waals surface area contributed by atoms with Gasteiger partial charge in [0.15, 0.2) is 0 Å². The second kappa shape index (κ2) is 13.8. The lowest BCUT2D eigenvalue weighted by atomic mass is 9.58. The van der Waals surface area contributed by atoms with Gasteiger partial charge in [0.2, 0.25) is 11.8 Å². The van der Waals surface area contributed by atoms with Crippen molar-refractivity contribution in [1.82, 2.24) is 9.88 Å². The molecule has 0 spiro atoms. The van der Waals surface area contributed by atoms with Gasteiger partial charge in [-0.05, 0) is 92.3 Å². The van der Waals surface area contributed by atoms with Crippen molar-refractivity contribution in [1.29, 1.82) is 0 Å². The molecule has 3 aliphatic rings. The third-order valence-electron chi connectivity index (χ3n) is 8.92. The van der Waals surface area contributed by atoms with E-state index < -0.39 is 31.0 Å². The summed E-state index contributed by atoms with van der Waals surface area (Å²) in [7, 11) is -1.05. The Morgan fingerprint density at radius 2 is 1.95 bits per heavy atom. The lowest BCUT2D eigenvalue weighted by Crippen LogP contribution is -2.46. The van der Waals surface area contributed by atoms with Crippen LogP contribution in [0.4, 0.5) is 0 Å². The summed E-state index contributed by atoms with van der Waals surface area (Å²) in [6, 6.07) is 9.20. The van der Waals surface area contributed by atoms with Crippen molar-refractivity contribution in [2.75, 3.05) is 6.54 Å². The number of imide groups is 1. The summed E-state index contributed by atoms with van der Waals surface area (Å²) in [5, 5.41) is 29.1. The monoisotopic (exact) mass is 590 g/mol. The first-order valence-corrected chi connectivity index (χ1v) is 15.2. The molecule has 10 nitrogen and oxygen atoms in total. The van der Waals surface area contributed by atoms with Crippen LogP contribution in [0.25, 0.3) is 11.6 Å². The Bertz CT molecular complexity index is 1390. The van der Waals surface area contributed by atoms with E-state index in [9.17, 15) is 24.5 Å². The van der Waals surface area contributed by atoms with Gasteiger partial charge >= 0.3 is 13.1 Å². The second-order valence-corrected chi connectivity index (χ2v) is 11.6. The summed E-state index contributed by atoms with van der Waals surface area (Å²) in [6.07, 6.45) is 7.57. The summed E-state index contributed by atoms with van der Waals surface area (Å²) in [6.45, 7) is 2.15. The molecule has 4 heterocycles. The number of carbonyl (C=O) groups excluding carboxylic acids is 2. The van der Waals surface area contributed by atoms with Crippen LogP contribution >= 0.6 is 0 Å². The van der Waals surface area contributed by atoms with Crippen molar-refractivity contribution in [3.8, 4) is 0 Å². The first-order valence-electron chi connectivity index (χ1n) is 15.2. The highest BCUT2D eigenvalue weighted by Gasteiger charge is 2.56. The topological polar surface area (TPSA) is 150 Å². The largest absolute Gasteiger partial charge is 0.481 e. The zero-order chi connectivity index (χ0) is 30.5. The number of rotatable bonds is 13. The molecular weight excluding hydrogens is 551 g/mol. The second-order valence-electron chi connectivity index (χ2n) is 11.6. The number of aliphatic hydroxyl groups excluding tert-OH is 1. The van der Waals surface area contributed by atoms with Gasteiger partial charge in [-0.2, -0.15) is 0 Å². The Hall–Kier alpha value is -3.54. The average Bonchev–Trinajstić information content (AvgIpc) is 3.56. The fraction of sp³-hybridized carbons (Fsp3) is 0.500. The Morgan fingerprint density at radius 3 is 2.65 bits per heavy atom. The van der Waals surface area contributed by atoms with Crippen LogP contribution in [0, 0.1) is 17.8 Å². The number of carbonyl (C=O) groups is 3. The number of fused-ring (bicyclic) bond motifs is 3. The van der Waals surface area contributed by atoms with Crippen molar-refractivity contribution < 1.29 is 38.7 Å². The Labute approximate surface area is 251 Å². The molecule has 3 N–H and O–H groups in total.